The predicted molar refractivity (Wildman–Crippen MR) is 77.2 cm³/mol. The maximum atomic E-state index is 12.2. The lowest BCUT2D eigenvalue weighted by atomic mass is 9.75. The van der Waals surface area contributed by atoms with Crippen molar-refractivity contribution in [2.75, 3.05) is 6.61 Å². The van der Waals surface area contributed by atoms with Gasteiger partial charge in [-0.1, -0.05) is 18.8 Å². The molecule has 1 aromatic rings. The van der Waals surface area contributed by atoms with Crippen LogP contribution < -0.4 is 5.32 Å². The first-order chi connectivity index (χ1) is 9.19. The molecule has 1 saturated carbocycles. The van der Waals surface area contributed by atoms with Gasteiger partial charge in [0, 0.05) is 12.0 Å². The van der Waals surface area contributed by atoms with Crippen LogP contribution in [0.2, 0.25) is 0 Å². The van der Waals surface area contributed by atoms with Crippen LogP contribution in [0.1, 0.15) is 53.6 Å². The minimum Gasteiger partial charge on any atom is -0.395 e. The van der Waals surface area contributed by atoms with E-state index in [1.165, 1.54) is 17.8 Å². The fourth-order valence-electron chi connectivity index (χ4n) is 2.21. The SMILES string of the molecule is CCC1(NC(=O)c2ccc(C#CCCO)s2)CCC1. The average Bonchev–Trinajstić information content (AvgIpc) is 2.83. The van der Waals surface area contributed by atoms with Gasteiger partial charge in [-0.3, -0.25) is 4.79 Å². The number of carbonyl (C=O) groups excluding carboxylic acids is 1. The molecule has 2 rings (SSSR count). The molecule has 0 saturated heterocycles. The fraction of sp³-hybridized carbons (Fsp3) is 0.533. The van der Waals surface area contributed by atoms with Gasteiger partial charge in [-0.25, -0.2) is 0 Å². The van der Waals surface area contributed by atoms with Crippen LogP contribution in [-0.4, -0.2) is 23.2 Å². The highest BCUT2D eigenvalue weighted by atomic mass is 32.1. The molecule has 3 nitrogen and oxygen atoms in total. The normalized spacial score (nSPS) is 16.1. The monoisotopic (exact) mass is 277 g/mol. The molecule has 1 aliphatic rings. The van der Waals surface area contributed by atoms with Gasteiger partial charge in [0.05, 0.1) is 16.4 Å². The Morgan fingerprint density at radius 3 is 2.89 bits per heavy atom. The largest absolute Gasteiger partial charge is 0.395 e. The van der Waals surface area contributed by atoms with Gasteiger partial charge < -0.3 is 10.4 Å². The third-order valence-electron chi connectivity index (χ3n) is 3.64. The molecule has 1 aliphatic carbocycles. The molecule has 0 spiro atoms. The Labute approximate surface area is 118 Å². The minimum atomic E-state index is 0.0155. The summed E-state index contributed by atoms with van der Waals surface area (Å²) in [6.45, 7) is 2.20. The summed E-state index contributed by atoms with van der Waals surface area (Å²) in [6.07, 6.45) is 4.84. The van der Waals surface area contributed by atoms with E-state index in [9.17, 15) is 4.79 Å². The number of nitrogens with one attached hydrogen (secondary N) is 1. The Balaban J connectivity index is 1.98. The zero-order valence-corrected chi connectivity index (χ0v) is 12.0. The molecule has 4 heteroatoms. The minimum absolute atomic E-state index is 0.0155. The molecule has 2 N–H and O–H groups in total. The van der Waals surface area contributed by atoms with E-state index in [4.69, 9.17) is 5.11 Å². The van der Waals surface area contributed by atoms with Gasteiger partial charge in [-0.05, 0) is 37.8 Å². The molecule has 1 aromatic heterocycles. The van der Waals surface area contributed by atoms with Crippen LogP contribution in [0.4, 0.5) is 0 Å². The van der Waals surface area contributed by atoms with Crippen molar-refractivity contribution in [3.05, 3.63) is 21.9 Å². The second kappa shape index (κ2) is 6.23. The molecule has 1 heterocycles. The molecule has 0 unspecified atom stereocenters. The van der Waals surface area contributed by atoms with E-state index in [0.29, 0.717) is 11.3 Å². The molecule has 19 heavy (non-hydrogen) atoms. The molecular formula is C15H19NO2S. The van der Waals surface area contributed by atoms with E-state index >= 15 is 0 Å². The Morgan fingerprint density at radius 1 is 1.53 bits per heavy atom. The van der Waals surface area contributed by atoms with Gasteiger partial charge in [0.2, 0.25) is 0 Å². The first-order valence-electron chi connectivity index (χ1n) is 6.71. The smallest absolute Gasteiger partial charge is 0.261 e. The quantitative estimate of drug-likeness (QED) is 0.831. The van der Waals surface area contributed by atoms with Gasteiger partial charge in [-0.15, -0.1) is 11.3 Å². The van der Waals surface area contributed by atoms with Crippen molar-refractivity contribution in [1.29, 1.82) is 0 Å². The number of aliphatic hydroxyl groups is 1. The van der Waals surface area contributed by atoms with Crippen molar-refractivity contribution in [3.8, 4) is 11.8 Å². The Kier molecular flexibility index (Phi) is 4.62. The summed E-state index contributed by atoms with van der Waals surface area (Å²) in [5.74, 6) is 5.83. The van der Waals surface area contributed by atoms with Crippen molar-refractivity contribution < 1.29 is 9.90 Å². The zero-order valence-electron chi connectivity index (χ0n) is 11.2. The number of hydrogen-bond donors (Lipinski definition) is 2. The van der Waals surface area contributed by atoms with E-state index in [1.807, 2.05) is 12.1 Å². The van der Waals surface area contributed by atoms with Crippen LogP contribution in [0, 0.1) is 11.8 Å². The number of carbonyl (C=O) groups is 1. The van der Waals surface area contributed by atoms with Gasteiger partial charge in [0.15, 0.2) is 0 Å². The second-order valence-electron chi connectivity index (χ2n) is 4.88. The second-order valence-corrected chi connectivity index (χ2v) is 5.96. The Morgan fingerprint density at radius 2 is 2.32 bits per heavy atom. The van der Waals surface area contributed by atoms with Crippen molar-refractivity contribution in [3.63, 3.8) is 0 Å². The summed E-state index contributed by atoms with van der Waals surface area (Å²) in [7, 11) is 0. The molecule has 1 fully saturated rings. The summed E-state index contributed by atoms with van der Waals surface area (Å²) in [5.41, 5.74) is 0.0316. The van der Waals surface area contributed by atoms with E-state index in [-0.39, 0.29) is 18.1 Å². The number of aliphatic hydroxyl groups excluding tert-OH is 1. The van der Waals surface area contributed by atoms with Gasteiger partial charge in [0.1, 0.15) is 0 Å². The van der Waals surface area contributed by atoms with Crippen LogP contribution in [0.5, 0.6) is 0 Å². The standard InChI is InChI=1S/C15H19NO2S/c1-2-15(9-5-10-15)16-14(18)13-8-7-12(19-13)6-3-4-11-17/h7-8,17H,2,4-5,9-11H2,1H3,(H,16,18). The molecule has 0 radical (unpaired) electrons. The van der Waals surface area contributed by atoms with Crippen LogP contribution in [-0.2, 0) is 0 Å². The van der Waals surface area contributed by atoms with Gasteiger partial charge in [-0.2, -0.15) is 0 Å². The third kappa shape index (κ3) is 3.37. The van der Waals surface area contributed by atoms with E-state index in [1.54, 1.807) is 0 Å². The molecule has 0 atom stereocenters. The van der Waals surface area contributed by atoms with Crippen LogP contribution in [0.3, 0.4) is 0 Å². The first-order valence-corrected chi connectivity index (χ1v) is 7.53. The summed E-state index contributed by atoms with van der Waals surface area (Å²) < 4.78 is 0. The zero-order chi connectivity index (χ0) is 13.7. The molecule has 1 amide bonds. The molecular weight excluding hydrogens is 258 g/mol. The van der Waals surface area contributed by atoms with Crippen LogP contribution in [0.15, 0.2) is 12.1 Å². The maximum Gasteiger partial charge on any atom is 0.261 e. The highest BCUT2D eigenvalue weighted by Gasteiger charge is 2.36. The fourth-order valence-corrected chi connectivity index (χ4v) is 2.98. The van der Waals surface area contributed by atoms with Gasteiger partial charge in [0.25, 0.3) is 5.91 Å². The average molecular weight is 277 g/mol. The lowest BCUT2D eigenvalue weighted by molar-refractivity contribution is 0.0824. The molecule has 0 bridgehead atoms. The number of amides is 1. The third-order valence-corrected chi connectivity index (χ3v) is 4.64. The number of rotatable bonds is 4. The van der Waals surface area contributed by atoms with Crippen molar-refractivity contribution in [2.45, 2.75) is 44.6 Å². The van der Waals surface area contributed by atoms with Crippen molar-refractivity contribution in [2.24, 2.45) is 0 Å². The maximum absolute atomic E-state index is 12.2. The summed E-state index contributed by atoms with van der Waals surface area (Å²) >= 11 is 1.41. The number of hydrogen-bond acceptors (Lipinski definition) is 3. The topological polar surface area (TPSA) is 49.3 Å². The van der Waals surface area contributed by atoms with Crippen LogP contribution >= 0.6 is 11.3 Å². The van der Waals surface area contributed by atoms with Crippen LogP contribution in [0.25, 0.3) is 0 Å². The summed E-state index contributed by atoms with van der Waals surface area (Å²) in [5, 5.41) is 11.8. The molecule has 0 aliphatic heterocycles. The highest BCUT2D eigenvalue weighted by Crippen LogP contribution is 2.35. The van der Waals surface area contributed by atoms with E-state index < -0.39 is 0 Å². The predicted octanol–water partition coefficient (Wildman–Crippen LogP) is 2.54. The first kappa shape index (κ1) is 14.1. The molecule has 102 valence electrons. The molecule has 0 aromatic carbocycles. The lowest BCUT2D eigenvalue weighted by Crippen LogP contribution is -2.52. The van der Waals surface area contributed by atoms with Crippen molar-refractivity contribution >= 4 is 17.2 Å². The highest BCUT2D eigenvalue weighted by molar-refractivity contribution is 7.14. The lowest BCUT2D eigenvalue weighted by Gasteiger charge is -2.41. The summed E-state index contributed by atoms with van der Waals surface area (Å²) in [4.78, 5) is 13.8. The Bertz CT molecular complexity index is 500. The van der Waals surface area contributed by atoms with Crippen molar-refractivity contribution in [1.82, 2.24) is 5.32 Å². The Hall–Kier alpha value is -1.31. The summed E-state index contributed by atoms with van der Waals surface area (Å²) in [6, 6.07) is 3.69. The van der Waals surface area contributed by atoms with E-state index in [2.05, 4.69) is 24.1 Å². The van der Waals surface area contributed by atoms with Gasteiger partial charge >= 0.3 is 0 Å². The van der Waals surface area contributed by atoms with E-state index in [0.717, 1.165) is 24.1 Å². The number of thiophene rings is 1.